The van der Waals surface area contributed by atoms with E-state index >= 15 is 0 Å². The highest BCUT2D eigenvalue weighted by Crippen LogP contribution is 2.17. The Balaban J connectivity index is 1.42. The topological polar surface area (TPSA) is 84.3 Å². The zero-order valence-electron chi connectivity index (χ0n) is 15.3. The Bertz CT molecular complexity index is 716. The summed E-state index contributed by atoms with van der Waals surface area (Å²) in [5.41, 5.74) is 0.991. The molecule has 0 aromatic carbocycles. The summed E-state index contributed by atoms with van der Waals surface area (Å²) in [7, 11) is 0. The molecular weight excluding hydrogens is 332 g/mol. The predicted octanol–water partition coefficient (Wildman–Crippen LogP) is 1.18. The zero-order valence-corrected chi connectivity index (χ0v) is 15.3. The number of carbonyl (C=O) groups is 1. The number of aromatic nitrogens is 3. The number of pyridine rings is 1. The maximum Gasteiger partial charge on any atom is 0.315 e. The van der Waals surface area contributed by atoms with Gasteiger partial charge in [0.2, 0.25) is 0 Å². The quantitative estimate of drug-likeness (QED) is 0.810. The Morgan fingerprint density at radius 3 is 3.00 bits per heavy atom. The summed E-state index contributed by atoms with van der Waals surface area (Å²) < 4.78 is 7.34. The number of hydrogen-bond donors (Lipinski definition) is 2. The summed E-state index contributed by atoms with van der Waals surface area (Å²) in [6.07, 6.45) is 6.96. The van der Waals surface area contributed by atoms with E-state index in [0.717, 1.165) is 37.7 Å². The van der Waals surface area contributed by atoms with Crippen molar-refractivity contribution in [3.63, 3.8) is 0 Å². The lowest BCUT2D eigenvalue weighted by atomic mass is 10.0. The molecule has 2 aromatic rings. The van der Waals surface area contributed by atoms with Crippen molar-refractivity contribution in [2.75, 3.05) is 32.8 Å². The average molecular weight is 358 g/mol. The van der Waals surface area contributed by atoms with Crippen LogP contribution in [0.3, 0.4) is 0 Å². The molecule has 3 heterocycles. The Labute approximate surface area is 153 Å². The van der Waals surface area contributed by atoms with Gasteiger partial charge in [0.15, 0.2) is 0 Å². The molecule has 2 amide bonds. The molecule has 0 atom stereocenters. The minimum absolute atomic E-state index is 0.0111. The molecule has 140 valence electrons. The molecule has 26 heavy (non-hydrogen) atoms. The van der Waals surface area contributed by atoms with Crippen LogP contribution in [0.4, 0.5) is 4.79 Å². The highest BCUT2D eigenvalue weighted by atomic mass is 16.5. The predicted molar refractivity (Wildman–Crippen MR) is 98.1 cm³/mol. The lowest BCUT2D eigenvalue weighted by Gasteiger charge is -2.42. The molecule has 8 nitrogen and oxygen atoms in total. The van der Waals surface area contributed by atoms with Gasteiger partial charge in [-0.15, -0.1) is 0 Å². The Morgan fingerprint density at radius 1 is 1.35 bits per heavy atom. The highest BCUT2D eigenvalue weighted by Gasteiger charge is 2.29. The van der Waals surface area contributed by atoms with Crippen molar-refractivity contribution in [2.24, 2.45) is 0 Å². The second kappa shape index (κ2) is 8.29. The summed E-state index contributed by atoms with van der Waals surface area (Å²) in [5.74, 6) is 0.775. The van der Waals surface area contributed by atoms with Crippen LogP contribution in [0.5, 0.6) is 0 Å². The zero-order chi connectivity index (χ0) is 18.4. The van der Waals surface area contributed by atoms with Crippen LogP contribution in [0.1, 0.15) is 19.4 Å². The third-order valence-corrected chi connectivity index (χ3v) is 4.52. The van der Waals surface area contributed by atoms with Gasteiger partial charge in [0, 0.05) is 50.3 Å². The molecule has 0 bridgehead atoms. The molecule has 1 saturated heterocycles. The van der Waals surface area contributed by atoms with Crippen molar-refractivity contribution >= 4 is 6.03 Å². The second-order valence-corrected chi connectivity index (χ2v) is 6.95. The number of hydrogen-bond acceptors (Lipinski definition) is 5. The first-order valence-corrected chi connectivity index (χ1v) is 8.82. The molecule has 1 aliphatic heterocycles. The number of carbonyl (C=O) groups excluding carboxylic acids is 1. The van der Waals surface area contributed by atoms with Gasteiger partial charge in [-0.25, -0.2) is 14.8 Å². The fraction of sp³-hybridized carbons (Fsp3) is 0.500. The molecule has 2 aromatic heterocycles. The summed E-state index contributed by atoms with van der Waals surface area (Å²) in [5, 5.41) is 5.80. The van der Waals surface area contributed by atoms with Gasteiger partial charge >= 0.3 is 6.03 Å². The number of imidazole rings is 1. The molecule has 3 rings (SSSR count). The normalized spacial score (nSPS) is 17.0. The van der Waals surface area contributed by atoms with Crippen molar-refractivity contribution in [1.82, 2.24) is 30.1 Å². The van der Waals surface area contributed by atoms with Crippen LogP contribution >= 0.6 is 0 Å². The van der Waals surface area contributed by atoms with Gasteiger partial charge < -0.3 is 15.4 Å². The third-order valence-electron chi connectivity index (χ3n) is 4.52. The molecule has 0 aliphatic carbocycles. The van der Waals surface area contributed by atoms with E-state index in [4.69, 9.17) is 4.74 Å². The van der Waals surface area contributed by atoms with Crippen molar-refractivity contribution < 1.29 is 9.53 Å². The molecule has 0 unspecified atom stereocenters. The van der Waals surface area contributed by atoms with E-state index in [9.17, 15) is 4.79 Å². The van der Waals surface area contributed by atoms with Gasteiger partial charge in [-0.05, 0) is 31.5 Å². The van der Waals surface area contributed by atoms with E-state index in [1.807, 2.05) is 22.9 Å². The highest BCUT2D eigenvalue weighted by molar-refractivity contribution is 5.73. The molecule has 8 heteroatoms. The van der Waals surface area contributed by atoms with Crippen LogP contribution in [-0.2, 0) is 11.3 Å². The maximum atomic E-state index is 12.0. The second-order valence-electron chi connectivity index (χ2n) is 6.95. The van der Waals surface area contributed by atoms with E-state index < -0.39 is 0 Å². The smallest absolute Gasteiger partial charge is 0.315 e. The van der Waals surface area contributed by atoms with Crippen molar-refractivity contribution in [3.8, 4) is 5.82 Å². The van der Waals surface area contributed by atoms with E-state index in [-0.39, 0.29) is 11.6 Å². The van der Waals surface area contributed by atoms with Crippen molar-refractivity contribution in [1.29, 1.82) is 0 Å². The number of morpholine rings is 1. The molecule has 0 spiro atoms. The monoisotopic (exact) mass is 358 g/mol. The molecule has 0 saturated carbocycles. The lowest BCUT2D eigenvalue weighted by molar-refractivity contribution is -0.0497. The van der Waals surface area contributed by atoms with Crippen LogP contribution in [-0.4, -0.2) is 63.9 Å². The first-order valence-electron chi connectivity index (χ1n) is 8.82. The van der Waals surface area contributed by atoms with Gasteiger partial charge in [-0.3, -0.25) is 9.47 Å². The molecule has 1 aliphatic rings. The summed E-state index contributed by atoms with van der Waals surface area (Å²) >= 11 is 0. The Morgan fingerprint density at radius 2 is 2.23 bits per heavy atom. The number of nitrogens with one attached hydrogen (secondary N) is 2. The van der Waals surface area contributed by atoms with Crippen LogP contribution in [0.25, 0.3) is 5.82 Å². The fourth-order valence-electron chi connectivity index (χ4n) is 2.96. The summed E-state index contributed by atoms with van der Waals surface area (Å²) in [6.45, 7) is 8.54. The van der Waals surface area contributed by atoms with Crippen molar-refractivity contribution in [3.05, 3.63) is 42.6 Å². The number of amides is 2. The van der Waals surface area contributed by atoms with E-state index in [1.165, 1.54) is 0 Å². The van der Waals surface area contributed by atoms with Gasteiger partial charge in [-0.2, -0.15) is 0 Å². The third kappa shape index (κ3) is 4.80. The molecule has 0 radical (unpaired) electrons. The standard InChI is InChI=1S/C18H26N6O2/c1-18(2)13-26-10-9-24(18)8-6-21-17(25)22-12-15-3-4-20-16(11-15)23-7-5-19-14-23/h3-5,7,11,14H,6,8-10,12-13H2,1-2H3,(H2,21,22,25). The number of urea groups is 1. The fourth-order valence-corrected chi connectivity index (χ4v) is 2.96. The minimum atomic E-state index is -0.169. The van der Waals surface area contributed by atoms with Crippen molar-refractivity contribution in [2.45, 2.75) is 25.9 Å². The number of ether oxygens (including phenoxy) is 1. The summed E-state index contributed by atoms with van der Waals surface area (Å²) in [4.78, 5) is 22.7. The average Bonchev–Trinajstić information content (AvgIpc) is 3.16. The van der Waals surface area contributed by atoms with Gasteiger partial charge in [0.1, 0.15) is 12.1 Å². The van der Waals surface area contributed by atoms with Gasteiger partial charge in [-0.1, -0.05) is 0 Å². The van der Waals surface area contributed by atoms with E-state index in [1.54, 1.807) is 18.7 Å². The molecular formula is C18H26N6O2. The van der Waals surface area contributed by atoms with E-state index in [2.05, 4.69) is 39.3 Å². The number of nitrogens with zero attached hydrogens (tertiary/aromatic N) is 4. The van der Waals surface area contributed by atoms with E-state index in [0.29, 0.717) is 13.1 Å². The van der Waals surface area contributed by atoms with Gasteiger partial charge in [0.25, 0.3) is 0 Å². The minimum Gasteiger partial charge on any atom is -0.378 e. The summed E-state index contributed by atoms with van der Waals surface area (Å²) in [6, 6.07) is 3.65. The number of rotatable bonds is 6. The molecule has 1 fully saturated rings. The SMILES string of the molecule is CC1(C)COCCN1CCNC(=O)NCc1ccnc(-n2ccnc2)c1. The maximum absolute atomic E-state index is 12.0. The largest absolute Gasteiger partial charge is 0.378 e. The van der Waals surface area contributed by atoms with Gasteiger partial charge in [0.05, 0.1) is 13.2 Å². The Kier molecular flexibility index (Phi) is 5.85. The first-order chi connectivity index (χ1) is 12.5. The Hall–Kier alpha value is -2.45. The van der Waals surface area contributed by atoms with Crippen LogP contribution in [0.2, 0.25) is 0 Å². The van der Waals surface area contributed by atoms with Crippen LogP contribution < -0.4 is 10.6 Å². The van der Waals surface area contributed by atoms with Crippen LogP contribution in [0.15, 0.2) is 37.1 Å². The lowest BCUT2D eigenvalue weighted by Crippen LogP contribution is -2.55. The first kappa shape index (κ1) is 18.3. The molecule has 2 N–H and O–H groups in total. The van der Waals surface area contributed by atoms with Crippen LogP contribution in [0, 0.1) is 0 Å².